The molecule has 2 amide bonds. The van der Waals surface area contributed by atoms with E-state index in [0.717, 1.165) is 12.8 Å². The van der Waals surface area contributed by atoms with Crippen LogP contribution in [0.4, 0.5) is 0 Å². The van der Waals surface area contributed by atoms with Gasteiger partial charge in [-0.3, -0.25) is 9.59 Å². The molecule has 1 aromatic carbocycles. The molecule has 1 aromatic rings. The van der Waals surface area contributed by atoms with Crippen molar-refractivity contribution in [2.75, 3.05) is 26.4 Å². The van der Waals surface area contributed by atoms with Gasteiger partial charge in [-0.25, -0.2) is 4.79 Å². The lowest BCUT2D eigenvalue weighted by Gasteiger charge is -2.22. The molecule has 0 heterocycles. The fraction of sp³-hybridized carbons (Fsp3) is 0.571. The van der Waals surface area contributed by atoms with Gasteiger partial charge in [0.15, 0.2) is 6.10 Å². The summed E-state index contributed by atoms with van der Waals surface area (Å²) in [7, 11) is 3.38. The topological polar surface area (TPSA) is 75.7 Å². The third kappa shape index (κ3) is 6.86. The molecule has 2 rings (SSSR count). The zero-order valence-electron chi connectivity index (χ0n) is 16.9. The van der Waals surface area contributed by atoms with Crippen LogP contribution in [-0.4, -0.2) is 55.2 Å². The van der Waals surface area contributed by atoms with Crippen LogP contribution < -0.4 is 5.32 Å². The highest BCUT2D eigenvalue weighted by atomic mass is 32.2. The van der Waals surface area contributed by atoms with Gasteiger partial charge in [0, 0.05) is 25.5 Å². The number of hydrogen-bond donors (Lipinski definition) is 1. The predicted octanol–water partition coefficient (Wildman–Crippen LogP) is 3.11. The number of carbonyl (C=O) groups excluding carboxylic acids is 3. The zero-order valence-corrected chi connectivity index (χ0v) is 17.7. The maximum Gasteiger partial charge on any atom is 0.340 e. The van der Waals surface area contributed by atoms with E-state index in [9.17, 15) is 14.4 Å². The Balaban J connectivity index is 1.88. The van der Waals surface area contributed by atoms with Gasteiger partial charge in [0.05, 0.1) is 11.3 Å². The second kappa shape index (κ2) is 11.1. The normalized spacial score (nSPS) is 15.5. The molecule has 1 fully saturated rings. The number of carbonyl (C=O) groups is 3. The lowest BCUT2D eigenvalue weighted by Crippen LogP contribution is -2.38. The molecule has 0 spiro atoms. The average molecular weight is 407 g/mol. The Kier molecular flexibility index (Phi) is 8.83. The van der Waals surface area contributed by atoms with E-state index in [1.807, 2.05) is 0 Å². The summed E-state index contributed by atoms with van der Waals surface area (Å²) in [5.74, 6) is -0.113. The first-order chi connectivity index (χ1) is 13.4. The quantitative estimate of drug-likeness (QED) is 0.530. The van der Waals surface area contributed by atoms with Gasteiger partial charge in [0.2, 0.25) is 5.91 Å². The average Bonchev–Trinajstić information content (AvgIpc) is 2.70. The van der Waals surface area contributed by atoms with Crippen LogP contribution in [0, 0.1) is 5.92 Å². The van der Waals surface area contributed by atoms with Gasteiger partial charge < -0.3 is 15.0 Å². The first kappa shape index (κ1) is 22.3. The third-order valence-electron chi connectivity index (χ3n) is 4.90. The molecule has 7 heteroatoms. The molecule has 0 aliphatic heterocycles. The van der Waals surface area contributed by atoms with Crippen molar-refractivity contribution in [3.8, 4) is 0 Å². The molecule has 0 bridgehead atoms. The van der Waals surface area contributed by atoms with E-state index in [4.69, 9.17) is 4.74 Å². The van der Waals surface area contributed by atoms with Crippen molar-refractivity contribution in [2.45, 2.75) is 50.0 Å². The first-order valence-electron chi connectivity index (χ1n) is 9.79. The van der Waals surface area contributed by atoms with E-state index in [1.165, 1.54) is 35.9 Å². The van der Waals surface area contributed by atoms with Crippen LogP contribution in [-0.2, 0) is 14.3 Å². The Morgan fingerprint density at radius 1 is 1.18 bits per heavy atom. The van der Waals surface area contributed by atoms with Crippen LogP contribution in [0.2, 0.25) is 0 Å². The third-order valence-corrected chi connectivity index (χ3v) is 5.96. The standard InChI is InChI=1S/C21H30N2O4S/c1-15(20(25)22-13-16-9-5-4-6-10-16)27-21(26)17-11-7-8-12-18(17)28-14-19(24)23(2)3/h7-8,11-12,15-16H,4-6,9-10,13-14H2,1-3H3,(H,22,25)/t15-/m0/s1. The van der Waals surface area contributed by atoms with E-state index in [-0.39, 0.29) is 17.6 Å². The van der Waals surface area contributed by atoms with Gasteiger partial charge in [-0.1, -0.05) is 31.4 Å². The molecule has 0 unspecified atom stereocenters. The summed E-state index contributed by atoms with van der Waals surface area (Å²) in [6, 6.07) is 6.97. The van der Waals surface area contributed by atoms with Crippen molar-refractivity contribution in [1.29, 1.82) is 0 Å². The second-order valence-corrected chi connectivity index (χ2v) is 8.39. The lowest BCUT2D eigenvalue weighted by atomic mass is 9.89. The summed E-state index contributed by atoms with van der Waals surface area (Å²) in [4.78, 5) is 38.8. The lowest BCUT2D eigenvalue weighted by molar-refractivity contribution is -0.129. The molecule has 1 N–H and O–H groups in total. The maximum atomic E-state index is 12.6. The zero-order chi connectivity index (χ0) is 20.5. The number of amides is 2. The van der Waals surface area contributed by atoms with E-state index >= 15 is 0 Å². The van der Waals surface area contributed by atoms with Crippen molar-refractivity contribution in [2.24, 2.45) is 5.92 Å². The summed E-state index contributed by atoms with van der Waals surface area (Å²) >= 11 is 1.28. The molecule has 1 aliphatic carbocycles. The summed E-state index contributed by atoms with van der Waals surface area (Å²) in [6.45, 7) is 2.22. The van der Waals surface area contributed by atoms with E-state index < -0.39 is 12.1 Å². The van der Waals surface area contributed by atoms with Crippen molar-refractivity contribution in [3.05, 3.63) is 29.8 Å². The monoisotopic (exact) mass is 406 g/mol. The number of thioether (sulfide) groups is 1. The number of esters is 1. The van der Waals surface area contributed by atoms with E-state index in [1.54, 1.807) is 45.3 Å². The van der Waals surface area contributed by atoms with Crippen LogP contribution in [0.3, 0.4) is 0 Å². The van der Waals surface area contributed by atoms with Crippen LogP contribution >= 0.6 is 11.8 Å². The largest absolute Gasteiger partial charge is 0.449 e. The molecule has 6 nitrogen and oxygen atoms in total. The Hall–Kier alpha value is -2.02. The summed E-state index contributed by atoms with van der Waals surface area (Å²) in [5, 5.41) is 2.90. The SMILES string of the molecule is C[C@H](OC(=O)c1ccccc1SCC(=O)N(C)C)C(=O)NCC1CCCCC1. The fourth-order valence-electron chi connectivity index (χ4n) is 3.09. The number of nitrogens with zero attached hydrogens (tertiary/aromatic N) is 1. The molecular formula is C21H30N2O4S. The molecule has 154 valence electrons. The number of rotatable bonds is 8. The minimum Gasteiger partial charge on any atom is -0.449 e. The van der Waals surface area contributed by atoms with Crippen molar-refractivity contribution in [1.82, 2.24) is 10.2 Å². The molecule has 1 saturated carbocycles. The van der Waals surface area contributed by atoms with Crippen molar-refractivity contribution in [3.63, 3.8) is 0 Å². The van der Waals surface area contributed by atoms with E-state index in [2.05, 4.69) is 5.32 Å². The van der Waals surface area contributed by atoms with Gasteiger partial charge in [0.25, 0.3) is 5.91 Å². The molecule has 1 aliphatic rings. The highest BCUT2D eigenvalue weighted by Gasteiger charge is 2.22. The molecule has 0 radical (unpaired) electrons. The molecule has 1 atom stereocenters. The Labute approximate surface area is 171 Å². The molecule has 0 aromatic heterocycles. The van der Waals surface area contributed by atoms with Gasteiger partial charge in [-0.05, 0) is 37.8 Å². The predicted molar refractivity (Wildman–Crippen MR) is 110 cm³/mol. The molecule has 0 saturated heterocycles. The van der Waals surface area contributed by atoms with Gasteiger partial charge >= 0.3 is 5.97 Å². The maximum absolute atomic E-state index is 12.6. The molecular weight excluding hydrogens is 376 g/mol. The highest BCUT2D eigenvalue weighted by Crippen LogP contribution is 2.24. The van der Waals surface area contributed by atoms with Gasteiger partial charge in [0.1, 0.15) is 0 Å². The van der Waals surface area contributed by atoms with Crippen LogP contribution in [0.25, 0.3) is 0 Å². The van der Waals surface area contributed by atoms with Gasteiger partial charge in [-0.15, -0.1) is 11.8 Å². The fourth-order valence-corrected chi connectivity index (χ4v) is 4.11. The smallest absolute Gasteiger partial charge is 0.340 e. The second-order valence-electron chi connectivity index (χ2n) is 7.37. The van der Waals surface area contributed by atoms with Crippen molar-refractivity contribution >= 4 is 29.5 Å². The first-order valence-corrected chi connectivity index (χ1v) is 10.8. The minimum atomic E-state index is -0.863. The Morgan fingerprint density at radius 3 is 2.54 bits per heavy atom. The number of hydrogen-bond acceptors (Lipinski definition) is 5. The van der Waals surface area contributed by atoms with Crippen LogP contribution in [0.15, 0.2) is 29.2 Å². The number of ether oxygens (including phenoxy) is 1. The van der Waals surface area contributed by atoms with E-state index in [0.29, 0.717) is 22.9 Å². The van der Waals surface area contributed by atoms with Crippen LogP contribution in [0.5, 0.6) is 0 Å². The number of benzene rings is 1. The number of nitrogens with one attached hydrogen (secondary N) is 1. The van der Waals surface area contributed by atoms with Gasteiger partial charge in [-0.2, -0.15) is 0 Å². The Bertz CT molecular complexity index is 687. The van der Waals surface area contributed by atoms with Crippen molar-refractivity contribution < 1.29 is 19.1 Å². The Morgan fingerprint density at radius 2 is 1.86 bits per heavy atom. The minimum absolute atomic E-state index is 0.0383. The summed E-state index contributed by atoms with van der Waals surface area (Å²) in [6.07, 6.45) is 5.13. The summed E-state index contributed by atoms with van der Waals surface area (Å²) < 4.78 is 5.37. The van der Waals surface area contributed by atoms with Crippen LogP contribution in [0.1, 0.15) is 49.4 Å². The summed E-state index contributed by atoms with van der Waals surface area (Å²) in [5.41, 5.74) is 0.367. The molecule has 28 heavy (non-hydrogen) atoms. The highest BCUT2D eigenvalue weighted by molar-refractivity contribution is 8.00.